The Morgan fingerprint density at radius 2 is 2.00 bits per heavy atom. The molecule has 0 saturated heterocycles. The lowest BCUT2D eigenvalue weighted by Gasteiger charge is -2.15. The number of para-hydroxylation sites is 1. The molecule has 1 saturated carbocycles. The number of nitrogens with one attached hydrogen (secondary N) is 1. The summed E-state index contributed by atoms with van der Waals surface area (Å²) in [4.78, 5) is 4.35. The third kappa shape index (κ3) is 3.75. The molecule has 21 heavy (non-hydrogen) atoms. The number of nitrogens with two attached hydrogens (primary N) is 1. The summed E-state index contributed by atoms with van der Waals surface area (Å²) in [5, 5.41) is 3.44. The molecule has 1 aromatic rings. The van der Waals surface area contributed by atoms with Crippen LogP contribution >= 0.6 is 0 Å². The van der Waals surface area contributed by atoms with E-state index in [4.69, 9.17) is 5.73 Å². The van der Waals surface area contributed by atoms with Crippen molar-refractivity contribution < 1.29 is 0 Å². The summed E-state index contributed by atoms with van der Waals surface area (Å²) >= 11 is 0. The van der Waals surface area contributed by atoms with Crippen LogP contribution in [0.5, 0.6) is 0 Å². The van der Waals surface area contributed by atoms with Gasteiger partial charge in [0, 0.05) is 24.8 Å². The molecule has 1 aliphatic carbocycles. The number of benzene rings is 1. The van der Waals surface area contributed by atoms with E-state index in [0.717, 1.165) is 29.5 Å². The van der Waals surface area contributed by atoms with E-state index in [1.54, 1.807) is 7.05 Å². The van der Waals surface area contributed by atoms with Crippen LogP contribution in [0.25, 0.3) is 0 Å². The number of nitrogens with zero attached hydrogens (tertiary/aromatic N) is 1. The summed E-state index contributed by atoms with van der Waals surface area (Å²) in [6.07, 6.45) is 7.07. The van der Waals surface area contributed by atoms with Gasteiger partial charge in [0.15, 0.2) is 0 Å². The zero-order valence-corrected chi connectivity index (χ0v) is 13.2. The molecule has 0 heterocycles. The van der Waals surface area contributed by atoms with Crippen LogP contribution in [0.2, 0.25) is 0 Å². The predicted octanol–water partition coefficient (Wildman–Crippen LogP) is 3.54. The van der Waals surface area contributed by atoms with Gasteiger partial charge in [-0.3, -0.25) is 4.99 Å². The SMILES string of the molecule is C/C=C(\C(=C/C)CNC(=NC)c1ccccc1N)C1CC1. The fourth-order valence-corrected chi connectivity index (χ4v) is 2.63. The molecule has 1 aliphatic rings. The van der Waals surface area contributed by atoms with Crippen molar-refractivity contribution in [1.82, 2.24) is 5.32 Å². The second kappa shape index (κ2) is 7.11. The van der Waals surface area contributed by atoms with Crippen molar-refractivity contribution in [2.24, 2.45) is 10.9 Å². The van der Waals surface area contributed by atoms with E-state index in [0.29, 0.717) is 0 Å². The van der Waals surface area contributed by atoms with Crippen LogP contribution in [-0.4, -0.2) is 19.4 Å². The van der Waals surface area contributed by atoms with Crippen LogP contribution < -0.4 is 11.1 Å². The Labute approximate surface area is 127 Å². The average molecular weight is 283 g/mol. The lowest BCUT2D eigenvalue weighted by atomic mass is 10.0. The molecule has 3 N–H and O–H groups in total. The van der Waals surface area contributed by atoms with Gasteiger partial charge in [-0.05, 0) is 55.9 Å². The maximum atomic E-state index is 6.03. The van der Waals surface area contributed by atoms with Crippen molar-refractivity contribution in [3.8, 4) is 0 Å². The third-order valence-electron chi connectivity index (χ3n) is 3.93. The first-order chi connectivity index (χ1) is 10.2. The Balaban J connectivity index is 2.08. The standard InChI is InChI=1S/C18H25N3/c1-4-13(15(5-2)14-10-11-14)12-21-18(20-3)16-8-6-7-9-17(16)19/h4-9,14H,10-12,19H2,1-3H3,(H,20,21)/b13-4-,15-5+. The van der Waals surface area contributed by atoms with Crippen LogP contribution in [0.1, 0.15) is 32.3 Å². The van der Waals surface area contributed by atoms with Gasteiger partial charge in [0.25, 0.3) is 0 Å². The Morgan fingerprint density at radius 1 is 1.29 bits per heavy atom. The molecule has 0 amide bonds. The quantitative estimate of drug-likeness (QED) is 0.376. The summed E-state index contributed by atoms with van der Waals surface area (Å²) in [6.45, 7) is 5.01. The number of hydrogen-bond acceptors (Lipinski definition) is 2. The maximum absolute atomic E-state index is 6.03. The Hall–Kier alpha value is -2.03. The Bertz CT molecular complexity index is 578. The Kier molecular flexibility index (Phi) is 5.20. The van der Waals surface area contributed by atoms with Crippen LogP contribution in [-0.2, 0) is 0 Å². The van der Waals surface area contributed by atoms with Gasteiger partial charge < -0.3 is 11.1 Å². The van der Waals surface area contributed by atoms with Gasteiger partial charge in [0.05, 0.1) is 0 Å². The number of allylic oxidation sites excluding steroid dienone is 2. The normalized spacial score (nSPS) is 17.0. The maximum Gasteiger partial charge on any atom is 0.130 e. The minimum atomic E-state index is 0.751. The van der Waals surface area contributed by atoms with Crippen molar-refractivity contribution in [3.63, 3.8) is 0 Å². The molecule has 0 radical (unpaired) electrons. The molecule has 3 nitrogen and oxygen atoms in total. The fraction of sp³-hybridized carbons (Fsp3) is 0.389. The molecule has 0 unspecified atom stereocenters. The highest BCUT2D eigenvalue weighted by Gasteiger charge is 2.27. The van der Waals surface area contributed by atoms with Gasteiger partial charge in [-0.2, -0.15) is 0 Å². The number of anilines is 1. The predicted molar refractivity (Wildman–Crippen MR) is 91.6 cm³/mol. The van der Waals surface area contributed by atoms with Crippen molar-refractivity contribution in [2.45, 2.75) is 26.7 Å². The minimum Gasteiger partial charge on any atom is -0.398 e. The van der Waals surface area contributed by atoms with Gasteiger partial charge in [0.1, 0.15) is 5.84 Å². The highest BCUT2D eigenvalue weighted by molar-refractivity contribution is 6.03. The van der Waals surface area contributed by atoms with Crippen LogP contribution in [0.4, 0.5) is 5.69 Å². The molecule has 0 aromatic heterocycles. The molecule has 0 spiro atoms. The number of aliphatic imine (C=N–C) groups is 1. The van der Waals surface area contributed by atoms with Crippen molar-refractivity contribution in [3.05, 3.63) is 53.1 Å². The van der Waals surface area contributed by atoms with E-state index in [-0.39, 0.29) is 0 Å². The molecular formula is C18H25N3. The van der Waals surface area contributed by atoms with Gasteiger partial charge in [-0.25, -0.2) is 0 Å². The molecule has 2 rings (SSSR count). The third-order valence-corrected chi connectivity index (χ3v) is 3.93. The fourth-order valence-electron chi connectivity index (χ4n) is 2.63. The molecule has 3 heteroatoms. The number of hydrogen-bond donors (Lipinski definition) is 2. The summed E-state index contributed by atoms with van der Waals surface area (Å²) < 4.78 is 0. The summed E-state index contributed by atoms with van der Waals surface area (Å²) in [7, 11) is 1.79. The molecular weight excluding hydrogens is 258 g/mol. The zero-order chi connectivity index (χ0) is 15.2. The second-order valence-electron chi connectivity index (χ2n) is 5.35. The van der Waals surface area contributed by atoms with Crippen molar-refractivity contribution in [1.29, 1.82) is 0 Å². The smallest absolute Gasteiger partial charge is 0.130 e. The van der Waals surface area contributed by atoms with Crippen LogP contribution in [0.3, 0.4) is 0 Å². The van der Waals surface area contributed by atoms with Crippen molar-refractivity contribution >= 4 is 11.5 Å². The lowest BCUT2D eigenvalue weighted by Crippen LogP contribution is -2.28. The van der Waals surface area contributed by atoms with Gasteiger partial charge >= 0.3 is 0 Å². The minimum absolute atomic E-state index is 0.751. The van der Waals surface area contributed by atoms with E-state index < -0.39 is 0 Å². The summed E-state index contributed by atoms with van der Waals surface area (Å²) in [5.41, 5.74) is 10.6. The number of nitrogen functional groups attached to an aromatic ring is 1. The van der Waals surface area contributed by atoms with Gasteiger partial charge in [-0.15, -0.1) is 0 Å². The molecule has 0 atom stereocenters. The molecule has 1 aromatic carbocycles. The molecule has 1 fully saturated rings. The van der Waals surface area contributed by atoms with E-state index in [9.17, 15) is 0 Å². The Morgan fingerprint density at radius 3 is 2.52 bits per heavy atom. The second-order valence-corrected chi connectivity index (χ2v) is 5.35. The van der Waals surface area contributed by atoms with Gasteiger partial charge in [0.2, 0.25) is 0 Å². The van der Waals surface area contributed by atoms with E-state index in [2.05, 4.69) is 36.3 Å². The first kappa shape index (κ1) is 15.4. The van der Waals surface area contributed by atoms with Crippen LogP contribution in [0, 0.1) is 5.92 Å². The number of rotatable bonds is 5. The lowest BCUT2D eigenvalue weighted by molar-refractivity contribution is 0.920. The summed E-state index contributed by atoms with van der Waals surface area (Å²) in [5.74, 6) is 1.60. The summed E-state index contributed by atoms with van der Waals surface area (Å²) in [6, 6.07) is 7.82. The molecule has 0 aliphatic heterocycles. The average Bonchev–Trinajstić information content (AvgIpc) is 3.33. The van der Waals surface area contributed by atoms with Gasteiger partial charge in [-0.1, -0.05) is 24.3 Å². The monoisotopic (exact) mass is 283 g/mol. The molecule has 112 valence electrons. The van der Waals surface area contributed by atoms with E-state index in [1.807, 2.05) is 24.3 Å². The largest absolute Gasteiger partial charge is 0.398 e. The van der Waals surface area contributed by atoms with E-state index in [1.165, 1.54) is 24.0 Å². The number of amidine groups is 1. The van der Waals surface area contributed by atoms with Crippen molar-refractivity contribution in [2.75, 3.05) is 19.3 Å². The highest BCUT2D eigenvalue weighted by atomic mass is 15.0. The topological polar surface area (TPSA) is 50.4 Å². The van der Waals surface area contributed by atoms with E-state index >= 15 is 0 Å². The zero-order valence-electron chi connectivity index (χ0n) is 13.2. The molecule has 0 bridgehead atoms. The highest BCUT2D eigenvalue weighted by Crippen LogP contribution is 2.39. The first-order valence-corrected chi connectivity index (χ1v) is 7.58. The van der Waals surface area contributed by atoms with Crippen LogP contribution in [0.15, 0.2) is 52.6 Å². The first-order valence-electron chi connectivity index (χ1n) is 7.58.